The van der Waals surface area contributed by atoms with Gasteiger partial charge in [0.05, 0.1) is 5.56 Å². The molecule has 1 aromatic heterocycles. The molecule has 2 aliphatic rings. The third-order valence-electron chi connectivity index (χ3n) is 4.95. The summed E-state index contributed by atoms with van der Waals surface area (Å²) in [4.78, 5) is 14.0. The van der Waals surface area contributed by atoms with Crippen molar-refractivity contribution in [1.82, 2.24) is 5.32 Å². The van der Waals surface area contributed by atoms with Crippen molar-refractivity contribution < 1.29 is 9.90 Å². The lowest BCUT2D eigenvalue weighted by atomic mass is 9.85. The molecule has 4 nitrogen and oxygen atoms in total. The van der Waals surface area contributed by atoms with Crippen LogP contribution in [0.15, 0.2) is 24.3 Å². The molecule has 0 spiro atoms. The second kappa shape index (κ2) is 5.57. The second-order valence-electron chi connectivity index (χ2n) is 6.37. The van der Waals surface area contributed by atoms with E-state index in [-0.39, 0.29) is 17.8 Å². The Balaban J connectivity index is 1.66. The van der Waals surface area contributed by atoms with Crippen molar-refractivity contribution in [2.24, 2.45) is 5.92 Å². The number of hydrogen-bond acceptors (Lipinski definition) is 4. The summed E-state index contributed by atoms with van der Waals surface area (Å²) in [6, 6.07) is 6.95. The fourth-order valence-corrected chi connectivity index (χ4v) is 4.94. The van der Waals surface area contributed by atoms with Crippen LogP contribution in [0.5, 0.6) is 5.75 Å². The highest BCUT2D eigenvalue weighted by atomic mass is 32.1. The van der Waals surface area contributed by atoms with E-state index in [0.717, 1.165) is 34.9 Å². The molecule has 23 heavy (non-hydrogen) atoms. The normalized spacial score (nSPS) is 22.7. The van der Waals surface area contributed by atoms with Crippen LogP contribution in [0.25, 0.3) is 0 Å². The van der Waals surface area contributed by atoms with Crippen LogP contribution < -0.4 is 10.6 Å². The highest BCUT2D eigenvalue weighted by Gasteiger charge is 2.33. The molecule has 5 heteroatoms. The Hall–Kier alpha value is -2.01. The summed E-state index contributed by atoms with van der Waals surface area (Å²) < 4.78 is 0. The number of phenolic OH excluding ortho intramolecular Hbond substituents is 1. The fraction of sp³-hybridized carbons (Fsp3) is 0.389. The molecule has 0 saturated carbocycles. The second-order valence-corrected chi connectivity index (χ2v) is 7.47. The number of hydrogen-bond donors (Lipinski definition) is 3. The largest absolute Gasteiger partial charge is 0.508 e. The molecule has 2 heterocycles. The molecule has 0 saturated heterocycles. The summed E-state index contributed by atoms with van der Waals surface area (Å²) >= 11 is 1.74. The Bertz CT molecular complexity index is 751. The van der Waals surface area contributed by atoms with Gasteiger partial charge in [0, 0.05) is 4.88 Å². The number of carbonyl (C=O) groups excluding carboxylic acids is 1. The summed E-state index contributed by atoms with van der Waals surface area (Å²) in [5.74, 6) is 0.997. The topological polar surface area (TPSA) is 61.4 Å². The van der Waals surface area contributed by atoms with E-state index in [1.54, 1.807) is 23.5 Å². The number of phenols is 1. The maximum absolute atomic E-state index is 12.6. The lowest BCUT2D eigenvalue weighted by molar-refractivity contribution is 0.0935. The Labute approximate surface area is 139 Å². The van der Waals surface area contributed by atoms with Gasteiger partial charge in [-0.1, -0.05) is 25.5 Å². The Morgan fingerprint density at radius 3 is 2.78 bits per heavy atom. The van der Waals surface area contributed by atoms with E-state index in [2.05, 4.69) is 17.6 Å². The molecule has 1 aliphatic carbocycles. The highest BCUT2D eigenvalue weighted by molar-refractivity contribution is 7.16. The molecule has 2 aromatic rings. The van der Waals surface area contributed by atoms with Gasteiger partial charge in [-0.3, -0.25) is 4.79 Å². The number of thiophene rings is 1. The van der Waals surface area contributed by atoms with E-state index in [9.17, 15) is 9.90 Å². The number of anilines is 1. The van der Waals surface area contributed by atoms with Crippen molar-refractivity contribution in [2.75, 3.05) is 5.32 Å². The van der Waals surface area contributed by atoms with E-state index in [1.165, 1.54) is 23.3 Å². The number of fused-ring (bicyclic) bond motifs is 3. The minimum absolute atomic E-state index is 0.0178. The monoisotopic (exact) mass is 328 g/mol. The zero-order valence-electron chi connectivity index (χ0n) is 13.1. The maximum atomic E-state index is 12.6. The average Bonchev–Trinajstić information content (AvgIpc) is 2.93. The van der Waals surface area contributed by atoms with E-state index in [0.29, 0.717) is 0 Å². The lowest BCUT2D eigenvalue weighted by Gasteiger charge is -2.27. The van der Waals surface area contributed by atoms with Gasteiger partial charge in [-0.15, -0.1) is 11.3 Å². The third kappa shape index (κ3) is 2.49. The standard InChI is InChI=1S/C18H20N2O2S/c1-2-10-3-8-13-14(9-10)23-18-15(13)17(22)19-16(20-18)11-4-6-12(21)7-5-11/h4-7,10,16,20-21H,2-3,8-9H2,1H3,(H,19,22)/t10-,16+/m1/s1. The van der Waals surface area contributed by atoms with Crippen LogP contribution in [-0.2, 0) is 12.8 Å². The molecule has 0 unspecified atom stereocenters. The lowest BCUT2D eigenvalue weighted by Crippen LogP contribution is -2.38. The Morgan fingerprint density at radius 1 is 1.26 bits per heavy atom. The highest BCUT2D eigenvalue weighted by Crippen LogP contribution is 2.43. The van der Waals surface area contributed by atoms with Crippen molar-refractivity contribution in [3.8, 4) is 5.75 Å². The van der Waals surface area contributed by atoms with Crippen molar-refractivity contribution in [2.45, 2.75) is 38.8 Å². The first-order valence-corrected chi connectivity index (χ1v) is 8.98. The molecule has 1 aliphatic heterocycles. The van der Waals surface area contributed by atoms with Crippen LogP contribution in [0.2, 0.25) is 0 Å². The zero-order valence-corrected chi connectivity index (χ0v) is 13.9. The van der Waals surface area contributed by atoms with E-state index < -0.39 is 0 Å². The van der Waals surface area contributed by atoms with Crippen molar-refractivity contribution >= 4 is 22.2 Å². The SMILES string of the molecule is CC[C@@H]1CCc2c(sc3c2C(=O)N[C@H](c2ccc(O)cc2)N3)C1. The average molecular weight is 328 g/mol. The van der Waals surface area contributed by atoms with E-state index in [1.807, 2.05) is 12.1 Å². The van der Waals surface area contributed by atoms with Crippen LogP contribution in [0, 0.1) is 5.92 Å². The summed E-state index contributed by atoms with van der Waals surface area (Å²) in [6.45, 7) is 2.25. The van der Waals surface area contributed by atoms with Crippen LogP contribution >= 0.6 is 11.3 Å². The quantitative estimate of drug-likeness (QED) is 0.785. The first-order chi connectivity index (χ1) is 11.2. The van der Waals surface area contributed by atoms with Crippen LogP contribution in [0.4, 0.5) is 5.00 Å². The van der Waals surface area contributed by atoms with Gasteiger partial charge < -0.3 is 15.7 Å². The van der Waals surface area contributed by atoms with Crippen LogP contribution in [-0.4, -0.2) is 11.0 Å². The maximum Gasteiger partial charge on any atom is 0.256 e. The summed E-state index contributed by atoms with van der Waals surface area (Å²) in [5, 5.41) is 16.9. The van der Waals surface area contributed by atoms with E-state index in [4.69, 9.17) is 0 Å². The van der Waals surface area contributed by atoms with Crippen LogP contribution in [0.3, 0.4) is 0 Å². The van der Waals surface area contributed by atoms with Crippen LogP contribution in [0.1, 0.15) is 52.3 Å². The molecule has 3 N–H and O–H groups in total. The number of amides is 1. The van der Waals surface area contributed by atoms with Crippen molar-refractivity contribution in [3.05, 3.63) is 45.8 Å². The number of aromatic hydroxyl groups is 1. The summed E-state index contributed by atoms with van der Waals surface area (Å²) in [6.07, 6.45) is 4.26. The Kier molecular flexibility index (Phi) is 3.53. The van der Waals surface area contributed by atoms with Gasteiger partial charge in [-0.25, -0.2) is 0 Å². The van der Waals surface area contributed by atoms with Crippen molar-refractivity contribution in [3.63, 3.8) is 0 Å². The molecule has 2 atom stereocenters. The van der Waals surface area contributed by atoms with Gasteiger partial charge in [0.25, 0.3) is 5.91 Å². The first kappa shape index (κ1) is 14.6. The predicted molar refractivity (Wildman–Crippen MR) is 92.1 cm³/mol. The molecule has 0 bridgehead atoms. The predicted octanol–water partition coefficient (Wildman–Crippen LogP) is 3.82. The van der Waals surface area contributed by atoms with Crippen molar-refractivity contribution in [1.29, 1.82) is 0 Å². The molecule has 0 radical (unpaired) electrons. The van der Waals surface area contributed by atoms with Gasteiger partial charge >= 0.3 is 0 Å². The molecule has 1 aromatic carbocycles. The molecule has 1 amide bonds. The number of nitrogens with one attached hydrogen (secondary N) is 2. The van der Waals surface area contributed by atoms with Gasteiger partial charge in [0.1, 0.15) is 16.9 Å². The fourth-order valence-electron chi connectivity index (χ4n) is 3.55. The summed E-state index contributed by atoms with van der Waals surface area (Å²) in [5.41, 5.74) is 3.05. The summed E-state index contributed by atoms with van der Waals surface area (Å²) in [7, 11) is 0. The number of benzene rings is 1. The molecular weight excluding hydrogens is 308 g/mol. The molecule has 4 rings (SSSR count). The number of rotatable bonds is 2. The number of carbonyl (C=O) groups is 1. The Morgan fingerprint density at radius 2 is 2.04 bits per heavy atom. The van der Waals surface area contributed by atoms with Gasteiger partial charge in [-0.2, -0.15) is 0 Å². The molecule has 120 valence electrons. The van der Waals surface area contributed by atoms with E-state index >= 15 is 0 Å². The minimum Gasteiger partial charge on any atom is -0.508 e. The van der Waals surface area contributed by atoms with Gasteiger partial charge in [0.15, 0.2) is 0 Å². The smallest absolute Gasteiger partial charge is 0.256 e. The third-order valence-corrected chi connectivity index (χ3v) is 6.13. The van der Waals surface area contributed by atoms with Gasteiger partial charge in [-0.05, 0) is 48.4 Å². The first-order valence-electron chi connectivity index (χ1n) is 8.16. The van der Waals surface area contributed by atoms with Gasteiger partial charge in [0.2, 0.25) is 0 Å². The minimum atomic E-state index is -0.238. The molecule has 0 fully saturated rings. The molecular formula is C18H20N2O2S. The zero-order chi connectivity index (χ0) is 16.0.